The molecular formula is C15H20BrN3S. The summed E-state index contributed by atoms with van der Waals surface area (Å²) in [5, 5.41) is 7.74. The molecule has 3 nitrogen and oxygen atoms in total. The zero-order chi connectivity index (χ0) is 14.8. The van der Waals surface area contributed by atoms with E-state index in [-0.39, 0.29) is 11.5 Å². The number of nitrogens with one attached hydrogen (secondary N) is 1. The maximum absolute atomic E-state index is 4.34. The van der Waals surface area contributed by atoms with Crippen LogP contribution in [0.5, 0.6) is 0 Å². The van der Waals surface area contributed by atoms with Gasteiger partial charge in [0, 0.05) is 15.9 Å². The fraction of sp³-hybridized carbons (Fsp3) is 0.467. The molecule has 0 amide bonds. The lowest BCUT2D eigenvalue weighted by atomic mass is 9.89. The van der Waals surface area contributed by atoms with Gasteiger partial charge in [-0.2, -0.15) is 0 Å². The van der Waals surface area contributed by atoms with E-state index in [2.05, 4.69) is 69.8 Å². The average molecular weight is 354 g/mol. The first-order valence-electron chi connectivity index (χ1n) is 6.67. The van der Waals surface area contributed by atoms with Crippen LogP contribution in [0.2, 0.25) is 0 Å². The van der Waals surface area contributed by atoms with Crippen molar-refractivity contribution in [3.63, 3.8) is 0 Å². The van der Waals surface area contributed by atoms with E-state index in [0.717, 1.165) is 16.6 Å². The van der Waals surface area contributed by atoms with Crippen molar-refractivity contribution in [2.24, 2.45) is 0 Å². The molecule has 0 aliphatic rings. The highest BCUT2D eigenvalue weighted by Gasteiger charge is 2.26. The van der Waals surface area contributed by atoms with Crippen LogP contribution in [0, 0.1) is 0 Å². The molecule has 0 aliphatic heterocycles. The van der Waals surface area contributed by atoms with E-state index in [9.17, 15) is 0 Å². The van der Waals surface area contributed by atoms with Gasteiger partial charge in [-0.1, -0.05) is 59.4 Å². The highest BCUT2D eigenvalue weighted by Crippen LogP contribution is 2.32. The van der Waals surface area contributed by atoms with Crippen LogP contribution in [0.1, 0.15) is 42.9 Å². The SMILES string of the molecule is CNC(Cc1ccccc1Br)c1snnc1C(C)(C)C. The van der Waals surface area contributed by atoms with Crippen LogP contribution in [0.4, 0.5) is 0 Å². The fourth-order valence-corrected chi connectivity index (χ4v) is 3.57. The zero-order valence-corrected chi connectivity index (χ0v) is 14.7. The lowest BCUT2D eigenvalue weighted by Crippen LogP contribution is -2.23. The van der Waals surface area contributed by atoms with Crippen molar-refractivity contribution in [1.82, 2.24) is 14.9 Å². The predicted octanol–water partition coefficient (Wildman–Crippen LogP) is 4.10. The summed E-state index contributed by atoms with van der Waals surface area (Å²) < 4.78 is 5.31. The van der Waals surface area contributed by atoms with Crippen LogP contribution in [-0.4, -0.2) is 16.6 Å². The largest absolute Gasteiger partial charge is 0.312 e. The van der Waals surface area contributed by atoms with E-state index in [4.69, 9.17) is 0 Å². The van der Waals surface area contributed by atoms with E-state index < -0.39 is 0 Å². The van der Waals surface area contributed by atoms with Crippen molar-refractivity contribution in [1.29, 1.82) is 0 Å². The number of likely N-dealkylation sites (N-methyl/N-ethyl adjacent to an activating group) is 1. The van der Waals surface area contributed by atoms with Crippen molar-refractivity contribution < 1.29 is 0 Å². The minimum absolute atomic E-state index is 0.0192. The highest BCUT2D eigenvalue weighted by atomic mass is 79.9. The molecule has 20 heavy (non-hydrogen) atoms. The third-order valence-electron chi connectivity index (χ3n) is 3.27. The van der Waals surface area contributed by atoms with Gasteiger partial charge in [-0.3, -0.25) is 0 Å². The van der Waals surface area contributed by atoms with E-state index in [1.165, 1.54) is 22.0 Å². The molecule has 2 aromatic rings. The average Bonchev–Trinajstić information content (AvgIpc) is 2.87. The Morgan fingerprint density at radius 2 is 2.00 bits per heavy atom. The second-order valence-corrected chi connectivity index (χ2v) is 7.51. The molecule has 0 fully saturated rings. The third-order valence-corrected chi connectivity index (χ3v) is 4.88. The molecule has 0 saturated heterocycles. The second-order valence-electron chi connectivity index (χ2n) is 5.87. The van der Waals surface area contributed by atoms with Gasteiger partial charge < -0.3 is 5.32 Å². The third kappa shape index (κ3) is 3.45. The Labute approximate surface area is 133 Å². The Bertz CT molecular complexity index is 574. The minimum Gasteiger partial charge on any atom is -0.312 e. The van der Waals surface area contributed by atoms with Crippen LogP contribution in [0.3, 0.4) is 0 Å². The quantitative estimate of drug-likeness (QED) is 0.898. The predicted molar refractivity (Wildman–Crippen MR) is 88.3 cm³/mol. The summed E-state index contributed by atoms with van der Waals surface area (Å²) in [6, 6.07) is 8.58. The Balaban J connectivity index is 2.30. The smallest absolute Gasteiger partial charge is 0.0857 e. The minimum atomic E-state index is 0.0192. The van der Waals surface area contributed by atoms with E-state index >= 15 is 0 Å². The number of hydrogen-bond donors (Lipinski definition) is 1. The number of aromatic nitrogens is 2. The summed E-state index contributed by atoms with van der Waals surface area (Å²) in [5.41, 5.74) is 2.40. The number of hydrogen-bond acceptors (Lipinski definition) is 4. The molecule has 1 unspecified atom stereocenters. The zero-order valence-electron chi connectivity index (χ0n) is 12.3. The summed E-state index contributed by atoms with van der Waals surface area (Å²) in [6.45, 7) is 6.54. The number of nitrogens with zero attached hydrogens (tertiary/aromatic N) is 2. The van der Waals surface area contributed by atoms with Gasteiger partial charge in [-0.05, 0) is 36.6 Å². The van der Waals surface area contributed by atoms with Crippen LogP contribution in [-0.2, 0) is 11.8 Å². The topological polar surface area (TPSA) is 37.8 Å². The Morgan fingerprint density at radius 1 is 1.30 bits per heavy atom. The maximum atomic E-state index is 4.34. The van der Waals surface area contributed by atoms with Gasteiger partial charge in [0.15, 0.2) is 0 Å². The van der Waals surface area contributed by atoms with Crippen LogP contribution >= 0.6 is 27.5 Å². The molecule has 1 aromatic carbocycles. The van der Waals surface area contributed by atoms with Gasteiger partial charge in [0.2, 0.25) is 0 Å². The summed E-state index contributed by atoms with van der Waals surface area (Å²) in [7, 11) is 1.99. The lowest BCUT2D eigenvalue weighted by molar-refractivity contribution is 0.530. The van der Waals surface area contributed by atoms with E-state index in [1.807, 2.05) is 13.1 Å². The Morgan fingerprint density at radius 3 is 2.60 bits per heavy atom. The lowest BCUT2D eigenvalue weighted by Gasteiger charge is -2.22. The molecule has 1 atom stereocenters. The van der Waals surface area contributed by atoms with Gasteiger partial charge in [-0.15, -0.1) is 5.10 Å². The number of benzene rings is 1. The molecule has 0 bridgehead atoms. The number of rotatable bonds is 4. The molecule has 108 valence electrons. The molecular weight excluding hydrogens is 334 g/mol. The first-order valence-corrected chi connectivity index (χ1v) is 8.23. The Kier molecular flexibility index (Phi) is 4.94. The monoisotopic (exact) mass is 353 g/mol. The standard InChI is InChI=1S/C15H20BrN3S/c1-15(2,3)14-13(20-19-18-14)12(17-4)9-10-7-5-6-8-11(10)16/h5-8,12,17H,9H2,1-4H3. The van der Waals surface area contributed by atoms with Crippen LogP contribution in [0.25, 0.3) is 0 Å². The van der Waals surface area contributed by atoms with Gasteiger partial charge in [0.25, 0.3) is 0 Å². The molecule has 2 rings (SSSR count). The van der Waals surface area contributed by atoms with Crippen molar-refractivity contribution in [2.45, 2.75) is 38.6 Å². The first kappa shape index (κ1) is 15.6. The van der Waals surface area contributed by atoms with Gasteiger partial charge >= 0.3 is 0 Å². The second kappa shape index (κ2) is 6.33. The summed E-state index contributed by atoms with van der Waals surface area (Å²) >= 11 is 5.11. The summed E-state index contributed by atoms with van der Waals surface area (Å²) in [5.74, 6) is 0. The van der Waals surface area contributed by atoms with Crippen molar-refractivity contribution in [2.75, 3.05) is 7.05 Å². The number of halogens is 1. The summed E-state index contributed by atoms with van der Waals surface area (Å²) in [6.07, 6.45) is 0.922. The fourth-order valence-electron chi connectivity index (χ4n) is 2.16. The molecule has 0 aliphatic carbocycles. The van der Waals surface area contributed by atoms with Crippen molar-refractivity contribution in [3.05, 3.63) is 44.9 Å². The first-order chi connectivity index (χ1) is 9.43. The molecule has 0 radical (unpaired) electrons. The van der Waals surface area contributed by atoms with Crippen molar-refractivity contribution in [3.8, 4) is 0 Å². The van der Waals surface area contributed by atoms with Crippen molar-refractivity contribution >= 4 is 27.5 Å². The molecule has 1 heterocycles. The maximum Gasteiger partial charge on any atom is 0.0857 e. The van der Waals surface area contributed by atoms with Crippen LogP contribution in [0.15, 0.2) is 28.7 Å². The summed E-state index contributed by atoms with van der Waals surface area (Å²) in [4.78, 5) is 1.23. The Hall–Kier alpha value is -0.780. The highest BCUT2D eigenvalue weighted by molar-refractivity contribution is 9.10. The van der Waals surface area contributed by atoms with Gasteiger partial charge in [0.05, 0.1) is 10.6 Å². The van der Waals surface area contributed by atoms with E-state index in [1.54, 1.807) is 0 Å². The normalized spacial score (nSPS) is 13.4. The van der Waals surface area contributed by atoms with Gasteiger partial charge in [-0.25, -0.2) is 0 Å². The molecule has 0 spiro atoms. The molecule has 5 heteroatoms. The molecule has 0 saturated carbocycles. The van der Waals surface area contributed by atoms with Crippen LogP contribution < -0.4 is 5.32 Å². The molecule has 1 aromatic heterocycles. The van der Waals surface area contributed by atoms with Gasteiger partial charge in [0.1, 0.15) is 0 Å². The van der Waals surface area contributed by atoms with E-state index in [0.29, 0.717) is 0 Å². The molecule has 1 N–H and O–H groups in total.